The van der Waals surface area contributed by atoms with Crippen LogP contribution in [0.5, 0.6) is 0 Å². The molecule has 0 bridgehead atoms. The first-order valence-electron chi connectivity index (χ1n) is 7.87. The smallest absolute Gasteiger partial charge is 0.0343 e. The molecule has 2 rings (SSSR count). The molecule has 0 amide bonds. The van der Waals surface area contributed by atoms with E-state index in [4.69, 9.17) is 11.1 Å². The fourth-order valence-corrected chi connectivity index (χ4v) is 3.95. The number of anilines is 1. The summed E-state index contributed by atoms with van der Waals surface area (Å²) in [4.78, 5) is 0. The van der Waals surface area contributed by atoms with Gasteiger partial charge in [0.25, 0.3) is 0 Å². The van der Waals surface area contributed by atoms with Gasteiger partial charge in [0.05, 0.1) is 0 Å². The summed E-state index contributed by atoms with van der Waals surface area (Å²) in [6.45, 7) is 10.5. The maximum Gasteiger partial charge on any atom is 0.0343 e. The molecule has 0 aliphatic heterocycles. The van der Waals surface area contributed by atoms with Gasteiger partial charge >= 0.3 is 0 Å². The van der Waals surface area contributed by atoms with E-state index in [0.717, 1.165) is 37.1 Å². The second-order valence-corrected chi connectivity index (χ2v) is 7.41. The number of rotatable bonds is 6. The number of nitrogen functional groups attached to an aromatic ring is 1. The predicted octanol–water partition coefficient (Wildman–Crippen LogP) is 4.95. The molecule has 3 N–H and O–H groups in total. The third-order valence-corrected chi connectivity index (χ3v) is 4.81. The van der Waals surface area contributed by atoms with E-state index in [2.05, 4.69) is 39.5 Å². The van der Waals surface area contributed by atoms with Crippen molar-refractivity contribution in [3.8, 4) is 0 Å². The van der Waals surface area contributed by atoms with E-state index in [1.54, 1.807) is 0 Å². The van der Waals surface area contributed by atoms with Gasteiger partial charge in [-0.25, -0.2) is 0 Å². The summed E-state index contributed by atoms with van der Waals surface area (Å²) < 4.78 is 0. The van der Waals surface area contributed by atoms with Gasteiger partial charge in [-0.3, -0.25) is 0 Å². The SMILES string of the molecule is C=CCCC(C)C(=N)C1(c2cccc(N)c2)CC(C)(C)C1. The maximum absolute atomic E-state index is 8.79. The summed E-state index contributed by atoms with van der Waals surface area (Å²) in [5, 5.41) is 8.79. The van der Waals surface area contributed by atoms with Crippen molar-refractivity contribution in [2.45, 2.75) is 51.9 Å². The van der Waals surface area contributed by atoms with Crippen molar-refractivity contribution < 1.29 is 0 Å². The second-order valence-electron chi connectivity index (χ2n) is 7.41. The van der Waals surface area contributed by atoms with Crippen LogP contribution in [0.15, 0.2) is 36.9 Å². The van der Waals surface area contributed by atoms with Crippen LogP contribution in [0.25, 0.3) is 0 Å². The first-order chi connectivity index (χ1) is 9.81. The van der Waals surface area contributed by atoms with Gasteiger partial charge in [-0.1, -0.05) is 39.0 Å². The van der Waals surface area contributed by atoms with Gasteiger partial charge in [0.15, 0.2) is 0 Å². The molecular weight excluding hydrogens is 256 g/mol. The highest BCUT2D eigenvalue weighted by Crippen LogP contribution is 2.57. The largest absolute Gasteiger partial charge is 0.399 e. The molecule has 0 heterocycles. The van der Waals surface area contributed by atoms with E-state index in [9.17, 15) is 0 Å². The van der Waals surface area contributed by atoms with E-state index < -0.39 is 0 Å². The molecule has 114 valence electrons. The highest BCUT2D eigenvalue weighted by molar-refractivity contribution is 5.95. The Balaban J connectivity index is 2.31. The van der Waals surface area contributed by atoms with Gasteiger partial charge in [0.1, 0.15) is 0 Å². The van der Waals surface area contributed by atoms with Crippen LogP contribution in [0, 0.1) is 16.7 Å². The molecule has 21 heavy (non-hydrogen) atoms. The Hall–Kier alpha value is -1.57. The summed E-state index contributed by atoms with van der Waals surface area (Å²) in [6, 6.07) is 8.13. The molecule has 1 aliphatic carbocycles. The topological polar surface area (TPSA) is 49.9 Å². The zero-order valence-corrected chi connectivity index (χ0v) is 13.6. The van der Waals surface area contributed by atoms with Crippen LogP contribution in [0.4, 0.5) is 5.69 Å². The Bertz CT molecular complexity index is 534. The van der Waals surface area contributed by atoms with Crippen LogP contribution in [0.1, 0.15) is 52.0 Å². The molecule has 1 unspecified atom stereocenters. The number of nitrogens with two attached hydrogens (primary N) is 1. The third kappa shape index (κ3) is 3.04. The number of hydrogen-bond donors (Lipinski definition) is 2. The zero-order chi connectivity index (χ0) is 15.7. The lowest BCUT2D eigenvalue weighted by molar-refractivity contribution is 0.104. The molecule has 0 spiro atoms. The van der Waals surface area contributed by atoms with Crippen LogP contribution >= 0.6 is 0 Å². The lowest BCUT2D eigenvalue weighted by Crippen LogP contribution is -2.53. The lowest BCUT2D eigenvalue weighted by Gasteiger charge is -2.55. The molecule has 2 nitrogen and oxygen atoms in total. The van der Waals surface area contributed by atoms with Crippen molar-refractivity contribution in [3.63, 3.8) is 0 Å². The van der Waals surface area contributed by atoms with E-state index in [0.29, 0.717) is 11.3 Å². The van der Waals surface area contributed by atoms with E-state index in [1.165, 1.54) is 5.56 Å². The van der Waals surface area contributed by atoms with Crippen LogP contribution in [0.2, 0.25) is 0 Å². The minimum atomic E-state index is -0.112. The molecule has 1 aromatic rings. The average Bonchev–Trinajstić information content (AvgIpc) is 2.40. The van der Waals surface area contributed by atoms with Gasteiger partial charge in [0.2, 0.25) is 0 Å². The summed E-state index contributed by atoms with van der Waals surface area (Å²) in [7, 11) is 0. The Labute approximate surface area is 129 Å². The normalized spacial score (nSPS) is 20.3. The van der Waals surface area contributed by atoms with E-state index in [1.807, 2.05) is 18.2 Å². The van der Waals surface area contributed by atoms with Crippen molar-refractivity contribution in [1.82, 2.24) is 0 Å². The number of hydrogen-bond acceptors (Lipinski definition) is 2. The molecule has 1 aromatic carbocycles. The van der Waals surface area contributed by atoms with Crippen molar-refractivity contribution in [3.05, 3.63) is 42.5 Å². The van der Waals surface area contributed by atoms with Crippen molar-refractivity contribution in [2.24, 2.45) is 11.3 Å². The maximum atomic E-state index is 8.79. The molecule has 0 aromatic heterocycles. The predicted molar refractivity (Wildman–Crippen MR) is 91.9 cm³/mol. The highest BCUT2D eigenvalue weighted by atomic mass is 14.6. The van der Waals surface area contributed by atoms with Gasteiger partial charge in [-0.2, -0.15) is 0 Å². The number of allylic oxidation sites excluding steroid dienone is 1. The van der Waals surface area contributed by atoms with Crippen LogP contribution < -0.4 is 5.73 Å². The molecule has 2 heteroatoms. The molecule has 1 fully saturated rings. The van der Waals surface area contributed by atoms with E-state index >= 15 is 0 Å². The van der Waals surface area contributed by atoms with Gasteiger partial charge < -0.3 is 11.1 Å². The number of nitrogens with one attached hydrogen (secondary N) is 1. The van der Waals surface area contributed by atoms with Crippen molar-refractivity contribution in [1.29, 1.82) is 5.41 Å². The van der Waals surface area contributed by atoms with Crippen LogP contribution in [-0.4, -0.2) is 5.71 Å². The first kappa shape index (κ1) is 15.8. The molecule has 1 saturated carbocycles. The first-order valence-corrected chi connectivity index (χ1v) is 7.87. The Morgan fingerprint density at radius 3 is 2.62 bits per heavy atom. The monoisotopic (exact) mass is 284 g/mol. The molecular formula is C19H28N2. The molecule has 0 saturated heterocycles. The van der Waals surface area contributed by atoms with Crippen molar-refractivity contribution >= 4 is 11.4 Å². The average molecular weight is 284 g/mol. The minimum absolute atomic E-state index is 0.112. The second kappa shape index (κ2) is 5.67. The van der Waals surface area contributed by atoms with Crippen LogP contribution in [0.3, 0.4) is 0 Å². The fourth-order valence-electron chi connectivity index (χ4n) is 3.95. The lowest BCUT2D eigenvalue weighted by atomic mass is 9.48. The molecule has 0 radical (unpaired) electrons. The zero-order valence-electron chi connectivity index (χ0n) is 13.6. The molecule has 1 atom stereocenters. The Morgan fingerprint density at radius 1 is 1.43 bits per heavy atom. The van der Waals surface area contributed by atoms with Gasteiger partial charge in [0, 0.05) is 16.8 Å². The highest BCUT2D eigenvalue weighted by Gasteiger charge is 2.53. The summed E-state index contributed by atoms with van der Waals surface area (Å²) in [6.07, 6.45) is 6.01. The van der Waals surface area contributed by atoms with Gasteiger partial charge in [-0.15, -0.1) is 6.58 Å². The summed E-state index contributed by atoms with van der Waals surface area (Å²) in [5.41, 5.74) is 9.06. The fraction of sp³-hybridized carbons (Fsp3) is 0.526. The van der Waals surface area contributed by atoms with Crippen LogP contribution in [-0.2, 0) is 5.41 Å². The number of benzene rings is 1. The van der Waals surface area contributed by atoms with Crippen molar-refractivity contribution in [2.75, 3.05) is 5.73 Å². The quantitative estimate of drug-likeness (QED) is 0.433. The third-order valence-electron chi connectivity index (χ3n) is 4.81. The molecule has 1 aliphatic rings. The minimum Gasteiger partial charge on any atom is -0.399 e. The summed E-state index contributed by atoms with van der Waals surface area (Å²) in [5.74, 6) is 0.292. The van der Waals surface area contributed by atoms with Gasteiger partial charge in [-0.05, 0) is 54.7 Å². The van der Waals surface area contributed by atoms with E-state index in [-0.39, 0.29) is 5.41 Å². The Morgan fingerprint density at radius 2 is 2.10 bits per heavy atom. The summed E-state index contributed by atoms with van der Waals surface area (Å²) >= 11 is 0. The Kier molecular flexibility index (Phi) is 4.27. The standard InChI is InChI=1S/C19H28N2/c1-5-6-8-14(2)17(21)19(12-18(3,4)13-19)15-9-7-10-16(20)11-15/h5,7,9-11,14,21H,1,6,8,12-13,20H2,2-4H3.